The Morgan fingerprint density at radius 2 is 1.35 bits per heavy atom. The van der Waals surface area contributed by atoms with Gasteiger partial charge in [-0.15, -0.1) is 0 Å². The minimum absolute atomic E-state index is 0.0907. The van der Waals surface area contributed by atoms with Crippen LogP contribution in [-0.2, 0) is 0 Å². The minimum atomic E-state index is 0.0907. The first-order valence-corrected chi connectivity index (χ1v) is 7.65. The molecule has 2 aliphatic rings. The van der Waals surface area contributed by atoms with E-state index in [0.29, 0.717) is 17.4 Å². The molecule has 2 N–H and O–H groups in total. The summed E-state index contributed by atoms with van der Waals surface area (Å²) < 4.78 is 0. The van der Waals surface area contributed by atoms with Crippen LogP contribution >= 0.6 is 0 Å². The first-order chi connectivity index (χ1) is 9.48. The Labute approximate surface area is 122 Å². The Balaban J connectivity index is 2.31. The zero-order valence-corrected chi connectivity index (χ0v) is 12.8. The topological polar surface area (TPSA) is 40.5 Å². The van der Waals surface area contributed by atoms with E-state index in [4.69, 9.17) is 0 Å². The molecule has 0 saturated carbocycles. The third-order valence-electron chi connectivity index (χ3n) is 5.60. The van der Waals surface area contributed by atoms with Crippen molar-refractivity contribution < 1.29 is 10.2 Å². The predicted molar refractivity (Wildman–Crippen MR) is 83.5 cm³/mol. The summed E-state index contributed by atoms with van der Waals surface area (Å²) in [5.41, 5.74) is 0.181. The van der Waals surface area contributed by atoms with Crippen molar-refractivity contribution in [1.29, 1.82) is 0 Å². The zero-order chi connectivity index (χ0) is 14.8. The summed E-state index contributed by atoms with van der Waals surface area (Å²) in [5.74, 6) is 1.21. The number of hydrogen-bond donors (Lipinski definition) is 2. The Kier molecular flexibility index (Phi) is 4.12. The molecule has 110 valence electrons. The van der Waals surface area contributed by atoms with Gasteiger partial charge in [0.15, 0.2) is 0 Å². The second-order valence-electron chi connectivity index (χ2n) is 6.23. The van der Waals surface area contributed by atoms with Gasteiger partial charge in [0.1, 0.15) is 11.5 Å². The van der Waals surface area contributed by atoms with Gasteiger partial charge in [-0.05, 0) is 66.7 Å². The molecular formula is C18H26O2. The van der Waals surface area contributed by atoms with Crippen LogP contribution in [0.1, 0.15) is 46.5 Å². The van der Waals surface area contributed by atoms with Crippen molar-refractivity contribution >= 4 is 0 Å². The number of aliphatic hydroxyl groups is 2. The fraction of sp³-hybridized carbons (Fsp3) is 0.556. The van der Waals surface area contributed by atoms with Crippen LogP contribution in [0.25, 0.3) is 0 Å². The van der Waals surface area contributed by atoms with Crippen LogP contribution in [-0.4, -0.2) is 10.2 Å². The minimum Gasteiger partial charge on any atom is -0.508 e. The van der Waals surface area contributed by atoms with Gasteiger partial charge in [-0.25, -0.2) is 0 Å². The highest BCUT2D eigenvalue weighted by atomic mass is 16.3. The highest BCUT2D eigenvalue weighted by molar-refractivity contribution is 5.27. The van der Waals surface area contributed by atoms with Crippen molar-refractivity contribution in [1.82, 2.24) is 0 Å². The van der Waals surface area contributed by atoms with E-state index in [0.717, 1.165) is 25.7 Å². The van der Waals surface area contributed by atoms with E-state index in [1.807, 2.05) is 24.3 Å². The Hall–Kier alpha value is -1.44. The molecular weight excluding hydrogens is 248 g/mol. The number of aliphatic hydroxyl groups excluding tert-OH is 2. The maximum absolute atomic E-state index is 9.60. The van der Waals surface area contributed by atoms with Crippen molar-refractivity contribution in [3.8, 4) is 0 Å². The van der Waals surface area contributed by atoms with E-state index in [9.17, 15) is 10.2 Å². The van der Waals surface area contributed by atoms with E-state index in [1.165, 1.54) is 0 Å². The summed E-state index contributed by atoms with van der Waals surface area (Å²) in [7, 11) is 0. The summed E-state index contributed by atoms with van der Waals surface area (Å²) >= 11 is 0. The highest BCUT2D eigenvalue weighted by Crippen LogP contribution is 2.53. The molecule has 0 saturated heterocycles. The monoisotopic (exact) mass is 274 g/mol. The standard InChI is InChI=1S/C18H26O2/c1-4-17(10-6-15(19)7-11-17)14(3)18(5-2)12-8-16(20)9-13-18/h6-10,12,14,19-20H,4-5,11,13H2,1-3H3. The maximum Gasteiger partial charge on any atom is 0.111 e. The Morgan fingerprint density at radius 1 is 0.950 bits per heavy atom. The predicted octanol–water partition coefficient (Wildman–Crippen LogP) is 5.22. The molecule has 0 aromatic carbocycles. The molecule has 0 aromatic heterocycles. The third-order valence-corrected chi connectivity index (χ3v) is 5.60. The van der Waals surface area contributed by atoms with Crippen LogP contribution in [0.2, 0.25) is 0 Å². The van der Waals surface area contributed by atoms with Crippen LogP contribution in [0.5, 0.6) is 0 Å². The second kappa shape index (κ2) is 5.51. The molecule has 0 heterocycles. The van der Waals surface area contributed by atoms with Crippen LogP contribution in [0.15, 0.2) is 48.0 Å². The quantitative estimate of drug-likeness (QED) is 0.738. The third kappa shape index (κ3) is 2.44. The van der Waals surface area contributed by atoms with Gasteiger partial charge in [0.2, 0.25) is 0 Å². The van der Waals surface area contributed by atoms with Gasteiger partial charge in [0, 0.05) is 0 Å². The van der Waals surface area contributed by atoms with Gasteiger partial charge < -0.3 is 10.2 Å². The largest absolute Gasteiger partial charge is 0.508 e. The number of rotatable bonds is 4. The molecule has 2 atom stereocenters. The smallest absolute Gasteiger partial charge is 0.111 e. The van der Waals surface area contributed by atoms with E-state index >= 15 is 0 Å². The number of hydrogen-bond acceptors (Lipinski definition) is 2. The summed E-state index contributed by atoms with van der Waals surface area (Å²) in [5, 5.41) is 19.2. The summed E-state index contributed by atoms with van der Waals surface area (Å²) in [6.45, 7) is 6.76. The van der Waals surface area contributed by atoms with Crippen molar-refractivity contribution in [2.45, 2.75) is 46.5 Å². The molecule has 0 radical (unpaired) electrons. The lowest BCUT2D eigenvalue weighted by Crippen LogP contribution is -2.40. The lowest BCUT2D eigenvalue weighted by molar-refractivity contribution is 0.0969. The van der Waals surface area contributed by atoms with Gasteiger partial charge in [-0.1, -0.05) is 32.9 Å². The Morgan fingerprint density at radius 3 is 1.60 bits per heavy atom. The first kappa shape index (κ1) is 15.0. The van der Waals surface area contributed by atoms with Crippen LogP contribution in [0.3, 0.4) is 0 Å². The lowest BCUT2D eigenvalue weighted by Gasteiger charge is -2.48. The van der Waals surface area contributed by atoms with Crippen LogP contribution < -0.4 is 0 Å². The van der Waals surface area contributed by atoms with Gasteiger partial charge >= 0.3 is 0 Å². The van der Waals surface area contributed by atoms with Gasteiger partial charge in [0.05, 0.1) is 0 Å². The molecule has 20 heavy (non-hydrogen) atoms. The second-order valence-corrected chi connectivity index (χ2v) is 6.23. The number of allylic oxidation sites excluding steroid dienone is 6. The molecule has 2 rings (SSSR count). The van der Waals surface area contributed by atoms with E-state index in [2.05, 4.69) is 32.9 Å². The first-order valence-electron chi connectivity index (χ1n) is 7.65. The summed E-state index contributed by atoms with van der Waals surface area (Å²) in [6.07, 6.45) is 15.8. The van der Waals surface area contributed by atoms with E-state index in [1.54, 1.807) is 0 Å². The van der Waals surface area contributed by atoms with Crippen molar-refractivity contribution in [3.05, 3.63) is 48.0 Å². The molecule has 2 unspecified atom stereocenters. The molecule has 0 aromatic rings. The van der Waals surface area contributed by atoms with Gasteiger partial charge in [-0.3, -0.25) is 0 Å². The van der Waals surface area contributed by atoms with E-state index < -0.39 is 0 Å². The SMILES string of the molecule is CCC1(C(C)C2(CC)C=CC(O)=CC2)C=CC(O)=CC1. The van der Waals surface area contributed by atoms with Gasteiger partial charge in [0.25, 0.3) is 0 Å². The van der Waals surface area contributed by atoms with Crippen LogP contribution in [0, 0.1) is 16.7 Å². The fourth-order valence-electron chi connectivity index (χ4n) is 3.72. The maximum atomic E-state index is 9.60. The van der Waals surface area contributed by atoms with Crippen LogP contribution in [0.4, 0.5) is 0 Å². The summed E-state index contributed by atoms with van der Waals surface area (Å²) in [6, 6.07) is 0. The average Bonchev–Trinajstić information content (AvgIpc) is 2.49. The van der Waals surface area contributed by atoms with E-state index in [-0.39, 0.29) is 10.8 Å². The molecule has 0 fully saturated rings. The fourth-order valence-corrected chi connectivity index (χ4v) is 3.72. The molecule has 0 spiro atoms. The molecule has 0 amide bonds. The molecule has 0 aliphatic heterocycles. The van der Waals surface area contributed by atoms with Crippen molar-refractivity contribution in [2.75, 3.05) is 0 Å². The van der Waals surface area contributed by atoms with Gasteiger partial charge in [-0.2, -0.15) is 0 Å². The zero-order valence-electron chi connectivity index (χ0n) is 12.8. The summed E-state index contributed by atoms with van der Waals surface area (Å²) in [4.78, 5) is 0. The molecule has 2 nitrogen and oxygen atoms in total. The van der Waals surface area contributed by atoms with Crippen molar-refractivity contribution in [2.24, 2.45) is 16.7 Å². The molecule has 0 bridgehead atoms. The normalized spacial score (nSPS) is 34.5. The van der Waals surface area contributed by atoms with Crippen molar-refractivity contribution in [3.63, 3.8) is 0 Å². The average molecular weight is 274 g/mol. The Bertz CT molecular complexity index is 440. The molecule has 2 heteroatoms. The highest BCUT2D eigenvalue weighted by Gasteiger charge is 2.44. The molecule has 2 aliphatic carbocycles. The lowest BCUT2D eigenvalue weighted by atomic mass is 9.56.